The molecule has 0 fully saturated rings. The maximum atomic E-state index is 12.6. The van der Waals surface area contributed by atoms with E-state index in [2.05, 4.69) is 10.6 Å². The first kappa shape index (κ1) is 22.5. The van der Waals surface area contributed by atoms with Gasteiger partial charge in [-0.3, -0.25) is 9.59 Å². The lowest BCUT2D eigenvalue weighted by Crippen LogP contribution is -2.12. The summed E-state index contributed by atoms with van der Waals surface area (Å²) in [4.78, 5) is 25.1. The molecule has 36 heavy (non-hydrogen) atoms. The Balaban J connectivity index is 1.40. The zero-order chi connectivity index (χ0) is 25.4. The summed E-state index contributed by atoms with van der Waals surface area (Å²) in [5.41, 5.74) is 0.957. The third-order valence-corrected chi connectivity index (χ3v) is 5.83. The summed E-state index contributed by atoms with van der Waals surface area (Å²) in [6.07, 6.45) is 0. The molecule has 5 aromatic rings. The summed E-state index contributed by atoms with van der Waals surface area (Å²) >= 11 is 0. The zero-order valence-corrected chi connectivity index (χ0v) is 18.7. The zero-order valence-electron chi connectivity index (χ0n) is 18.7. The van der Waals surface area contributed by atoms with Gasteiger partial charge in [-0.05, 0) is 82.2 Å². The molecule has 0 unspecified atom stereocenters. The Morgan fingerprint density at radius 2 is 0.917 bits per heavy atom. The van der Waals surface area contributed by atoms with Crippen molar-refractivity contribution >= 4 is 44.7 Å². The number of benzene rings is 5. The first-order valence-electron chi connectivity index (χ1n) is 10.9. The minimum Gasteiger partial charge on any atom is -0.504 e. The van der Waals surface area contributed by atoms with Crippen LogP contribution >= 0.6 is 0 Å². The van der Waals surface area contributed by atoms with Gasteiger partial charge >= 0.3 is 0 Å². The number of fused-ring (bicyclic) bond motifs is 2. The van der Waals surface area contributed by atoms with E-state index >= 15 is 0 Å². The molecule has 0 radical (unpaired) electrons. The van der Waals surface area contributed by atoms with Crippen molar-refractivity contribution in [2.24, 2.45) is 0 Å². The number of amides is 2. The Hall–Kier alpha value is -5.24. The van der Waals surface area contributed by atoms with Gasteiger partial charge in [0.15, 0.2) is 23.0 Å². The smallest absolute Gasteiger partial charge is 0.259 e. The Kier molecular flexibility index (Phi) is 5.54. The summed E-state index contributed by atoms with van der Waals surface area (Å²) in [6.45, 7) is 0. The van der Waals surface area contributed by atoms with Crippen LogP contribution in [0.4, 0.5) is 11.4 Å². The molecule has 0 aromatic heterocycles. The summed E-state index contributed by atoms with van der Waals surface area (Å²) in [7, 11) is 0. The fraction of sp³-hybridized carbons (Fsp3) is 0. The van der Waals surface area contributed by atoms with Gasteiger partial charge in [0.1, 0.15) is 0 Å². The third-order valence-electron chi connectivity index (χ3n) is 5.83. The van der Waals surface area contributed by atoms with Crippen LogP contribution < -0.4 is 10.6 Å². The van der Waals surface area contributed by atoms with Gasteiger partial charge in [-0.25, -0.2) is 0 Å². The van der Waals surface area contributed by atoms with Gasteiger partial charge < -0.3 is 31.1 Å². The third kappa shape index (κ3) is 4.19. The van der Waals surface area contributed by atoms with Crippen molar-refractivity contribution in [2.45, 2.75) is 0 Å². The predicted octanol–water partition coefficient (Wildman–Crippen LogP) is 5.32. The topological polar surface area (TPSA) is 139 Å². The van der Waals surface area contributed by atoms with Crippen molar-refractivity contribution in [1.82, 2.24) is 0 Å². The number of phenols is 4. The van der Waals surface area contributed by atoms with E-state index in [1.807, 2.05) is 24.3 Å². The molecule has 5 aromatic carbocycles. The second-order valence-corrected chi connectivity index (χ2v) is 8.23. The molecular formula is C28H20N2O6. The van der Waals surface area contributed by atoms with Gasteiger partial charge in [0.2, 0.25) is 0 Å². The van der Waals surface area contributed by atoms with E-state index in [1.54, 1.807) is 24.3 Å². The van der Waals surface area contributed by atoms with Crippen molar-refractivity contribution in [2.75, 3.05) is 10.6 Å². The van der Waals surface area contributed by atoms with E-state index in [1.165, 1.54) is 36.4 Å². The molecule has 0 heterocycles. The number of carbonyl (C=O) groups is 2. The fourth-order valence-corrected chi connectivity index (χ4v) is 3.98. The largest absolute Gasteiger partial charge is 0.504 e. The number of para-hydroxylation sites is 2. The van der Waals surface area contributed by atoms with E-state index in [0.29, 0.717) is 11.4 Å². The Labute approximate surface area is 204 Å². The van der Waals surface area contributed by atoms with Gasteiger partial charge in [-0.2, -0.15) is 0 Å². The fourth-order valence-electron chi connectivity index (χ4n) is 3.98. The maximum absolute atomic E-state index is 12.6. The summed E-state index contributed by atoms with van der Waals surface area (Å²) < 4.78 is 0. The quantitative estimate of drug-likeness (QED) is 0.152. The molecule has 5 rings (SSSR count). The number of anilines is 2. The van der Waals surface area contributed by atoms with E-state index in [-0.39, 0.29) is 22.6 Å². The molecule has 0 aliphatic rings. The van der Waals surface area contributed by atoms with Crippen molar-refractivity contribution in [3.05, 3.63) is 96.1 Å². The van der Waals surface area contributed by atoms with Crippen LogP contribution in [0.5, 0.6) is 23.0 Å². The summed E-state index contributed by atoms with van der Waals surface area (Å²) in [6, 6.07) is 23.0. The van der Waals surface area contributed by atoms with Crippen LogP contribution in [0.25, 0.3) is 21.5 Å². The molecule has 0 saturated carbocycles. The number of hydrogen-bond acceptors (Lipinski definition) is 6. The Morgan fingerprint density at radius 1 is 0.500 bits per heavy atom. The molecule has 0 aliphatic carbocycles. The average molecular weight is 480 g/mol. The van der Waals surface area contributed by atoms with Crippen LogP contribution in [0.1, 0.15) is 20.7 Å². The van der Waals surface area contributed by atoms with Gasteiger partial charge in [-0.1, -0.05) is 24.3 Å². The molecule has 2 amide bonds. The molecule has 6 N–H and O–H groups in total. The van der Waals surface area contributed by atoms with Gasteiger partial charge in [-0.15, -0.1) is 0 Å². The highest BCUT2D eigenvalue weighted by molar-refractivity contribution is 6.09. The second kappa shape index (κ2) is 8.84. The van der Waals surface area contributed by atoms with Crippen LogP contribution in [0.3, 0.4) is 0 Å². The van der Waals surface area contributed by atoms with E-state index in [4.69, 9.17) is 0 Å². The van der Waals surface area contributed by atoms with Crippen LogP contribution in [0, 0.1) is 0 Å². The lowest BCUT2D eigenvalue weighted by atomic mass is 10.0. The van der Waals surface area contributed by atoms with Crippen LogP contribution in [0.2, 0.25) is 0 Å². The van der Waals surface area contributed by atoms with Gasteiger partial charge in [0.05, 0.1) is 11.1 Å². The SMILES string of the molecule is O=C(Nc1ccc2cc3cc(NC(=O)c4cccc(O)c4O)ccc3cc2c1)c1cccc(O)c1O. The minimum atomic E-state index is -0.554. The molecule has 0 bridgehead atoms. The number of carbonyl (C=O) groups excluding carboxylic acids is 2. The molecule has 0 atom stereocenters. The van der Waals surface area contributed by atoms with Crippen molar-refractivity contribution in [3.8, 4) is 23.0 Å². The normalized spacial score (nSPS) is 10.9. The van der Waals surface area contributed by atoms with Crippen LogP contribution in [-0.4, -0.2) is 32.2 Å². The lowest BCUT2D eigenvalue weighted by molar-refractivity contribution is 0.101. The predicted molar refractivity (Wildman–Crippen MR) is 137 cm³/mol. The first-order chi connectivity index (χ1) is 17.3. The molecule has 8 nitrogen and oxygen atoms in total. The standard InChI is InChI=1S/C28H20N2O6/c31-23-5-1-3-21(25(23)33)27(35)29-19-9-7-15-12-18-14-20(10-8-16(18)11-17(15)13-19)30-28(36)22-4-2-6-24(32)26(22)34/h1-14,31-34H,(H,29,35)(H,30,36). The number of aromatic hydroxyl groups is 4. The monoisotopic (exact) mass is 480 g/mol. The minimum absolute atomic E-state index is 0.0396. The van der Waals surface area contributed by atoms with E-state index in [9.17, 15) is 30.0 Å². The number of nitrogens with one attached hydrogen (secondary N) is 2. The van der Waals surface area contributed by atoms with Crippen molar-refractivity contribution in [1.29, 1.82) is 0 Å². The van der Waals surface area contributed by atoms with Gasteiger partial charge in [0, 0.05) is 11.4 Å². The number of hydrogen-bond donors (Lipinski definition) is 6. The first-order valence-corrected chi connectivity index (χ1v) is 10.9. The number of phenolic OH excluding ortho intramolecular Hbond substituents is 4. The lowest BCUT2D eigenvalue weighted by Gasteiger charge is -2.11. The second-order valence-electron chi connectivity index (χ2n) is 8.23. The average Bonchev–Trinajstić information content (AvgIpc) is 2.86. The van der Waals surface area contributed by atoms with E-state index < -0.39 is 23.3 Å². The van der Waals surface area contributed by atoms with Crippen molar-refractivity contribution < 1.29 is 30.0 Å². The highest BCUT2D eigenvalue weighted by atomic mass is 16.3. The highest BCUT2D eigenvalue weighted by Gasteiger charge is 2.16. The van der Waals surface area contributed by atoms with Crippen LogP contribution in [-0.2, 0) is 0 Å². The molecule has 0 spiro atoms. The Morgan fingerprint density at radius 3 is 1.33 bits per heavy atom. The summed E-state index contributed by atoms with van der Waals surface area (Å²) in [5, 5.41) is 48.1. The number of rotatable bonds is 4. The van der Waals surface area contributed by atoms with Gasteiger partial charge in [0.25, 0.3) is 11.8 Å². The van der Waals surface area contributed by atoms with E-state index in [0.717, 1.165) is 21.5 Å². The maximum Gasteiger partial charge on any atom is 0.259 e. The molecule has 8 heteroatoms. The van der Waals surface area contributed by atoms with Crippen molar-refractivity contribution in [3.63, 3.8) is 0 Å². The highest BCUT2D eigenvalue weighted by Crippen LogP contribution is 2.32. The molecule has 0 saturated heterocycles. The molecule has 178 valence electrons. The van der Waals surface area contributed by atoms with Crippen LogP contribution in [0.15, 0.2) is 84.9 Å². The Bertz CT molecular complexity index is 1550. The molecule has 0 aliphatic heterocycles. The summed E-state index contributed by atoms with van der Waals surface area (Å²) in [5.74, 6) is -2.82. The molecular weight excluding hydrogens is 460 g/mol.